The quantitative estimate of drug-likeness (QED) is 0.670. The highest BCUT2D eigenvalue weighted by molar-refractivity contribution is 7.14. The summed E-state index contributed by atoms with van der Waals surface area (Å²) in [5.74, 6) is -0.237. The van der Waals surface area contributed by atoms with Gasteiger partial charge in [0.25, 0.3) is 0 Å². The normalized spacial score (nSPS) is 10.8. The first kappa shape index (κ1) is 15.5. The molecule has 0 bridgehead atoms. The van der Waals surface area contributed by atoms with Crippen LogP contribution in [0, 0.1) is 0 Å². The monoisotopic (exact) mass is 340 g/mol. The maximum atomic E-state index is 12.0. The fourth-order valence-corrected chi connectivity index (χ4v) is 2.92. The van der Waals surface area contributed by atoms with Crippen LogP contribution in [0.5, 0.6) is 0 Å². The van der Waals surface area contributed by atoms with Crippen LogP contribution in [0.2, 0.25) is 5.02 Å². The molecule has 2 aromatic carbocycles. The molecular weight excluding hydrogens is 328 g/mol. The Balaban J connectivity index is 1.67. The summed E-state index contributed by atoms with van der Waals surface area (Å²) >= 11 is 7.44. The summed E-state index contributed by atoms with van der Waals surface area (Å²) in [6.45, 7) is 0. The predicted molar refractivity (Wildman–Crippen MR) is 96.7 cm³/mol. The molecule has 0 unspecified atom stereocenters. The summed E-state index contributed by atoms with van der Waals surface area (Å²) in [5, 5.41) is 5.86. The van der Waals surface area contributed by atoms with Crippen molar-refractivity contribution in [3.05, 3.63) is 76.6 Å². The van der Waals surface area contributed by atoms with E-state index in [-0.39, 0.29) is 5.91 Å². The summed E-state index contributed by atoms with van der Waals surface area (Å²) < 4.78 is 0. The largest absolute Gasteiger partial charge is 0.298 e. The SMILES string of the molecule is O=C(/C=C/c1ccccc1Cl)Nc1nc(-c2ccccc2)cs1. The van der Waals surface area contributed by atoms with Crippen LogP contribution in [-0.4, -0.2) is 10.9 Å². The molecule has 1 N–H and O–H groups in total. The summed E-state index contributed by atoms with van der Waals surface area (Å²) in [6.07, 6.45) is 3.13. The van der Waals surface area contributed by atoms with Crippen molar-refractivity contribution >= 4 is 40.1 Å². The number of thiazole rings is 1. The zero-order valence-corrected chi connectivity index (χ0v) is 13.6. The van der Waals surface area contributed by atoms with Crippen LogP contribution in [-0.2, 0) is 4.79 Å². The van der Waals surface area contributed by atoms with Crippen molar-refractivity contribution in [3.8, 4) is 11.3 Å². The first-order chi connectivity index (χ1) is 11.2. The third-order valence-corrected chi connectivity index (χ3v) is 4.23. The van der Waals surface area contributed by atoms with Crippen LogP contribution < -0.4 is 5.32 Å². The van der Waals surface area contributed by atoms with Crippen molar-refractivity contribution in [3.63, 3.8) is 0 Å². The smallest absolute Gasteiger partial charge is 0.250 e. The molecule has 3 aromatic rings. The maximum absolute atomic E-state index is 12.0. The number of nitrogens with one attached hydrogen (secondary N) is 1. The van der Waals surface area contributed by atoms with Crippen molar-refractivity contribution in [1.82, 2.24) is 4.98 Å². The average Bonchev–Trinajstić information content (AvgIpc) is 3.03. The van der Waals surface area contributed by atoms with Crippen LogP contribution >= 0.6 is 22.9 Å². The third kappa shape index (κ3) is 4.06. The Morgan fingerprint density at radius 1 is 1.09 bits per heavy atom. The lowest BCUT2D eigenvalue weighted by atomic mass is 10.2. The molecule has 1 amide bonds. The van der Waals surface area contributed by atoms with E-state index in [2.05, 4.69) is 10.3 Å². The number of hydrogen-bond acceptors (Lipinski definition) is 3. The van der Waals surface area contributed by atoms with Crippen LogP contribution in [0.25, 0.3) is 17.3 Å². The summed E-state index contributed by atoms with van der Waals surface area (Å²) in [4.78, 5) is 16.4. The fourth-order valence-electron chi connectivity index (χ4n) is 2.00. The predicted octanol–water partition coefficient (Wildman–Crippen LogP) is 5.12. The minimum atomic E-state index is -0.237. The number of aromatic nitrogens is 1. The molecule has 114 valence electrons. The Morgan fingerprint density at radius 3 is 2.61 bits per heavy atom. The van der Waals surface area contributed by atoms with E-state index in [1.165, 1.54) is 17.4 Å². The molecule has 5 heteroatoms. The van der Waals surface area contributed by atoms with Gasteiger partial charge in [0.05, 0.1) is 5.69 Å². The molecule has 0 fully saturated rings. The molecule has 0 radical (unpaired) electrons. The molecule has 0 saturated carbocycles. The Morgan fingerprint density at radius 2 is 1.83 bits per heavy atom. The summed E-state index contributed by atoms with van der Waals surface area (Å²) in [7, 11) is 0. The van der Waals surface area contributed by atoms with Gasteiger partial charge in [-0.25, -0.2) is 4.98 Å². The Kier molecular flexibility index (Phi) is 4.86. The lowest BCUT2D eigenvalue weighted by Crippen LogP contribution is -2.07. The van der Waals surface area contributed by atoms with Crippen LogP contribution in [0.15, 0.2) is 66.1 Å². The number of rotatable bonds is 4. The molecule has 0 spiro atoms. The number of nitrogens with zero attached hydrogens (tertiary/aromatic N) is 1. The highest BCUT2D eigenvalue weighted by atomic mass is 35.5. The topological polar surface area (TPSA) is 42.0 Å². The number of hydrogen-bond donors (Lipinski definition) is 1. The molecule has 3 rings (SSSR count). The van der Waals surface area contributed by atoms with Gasteiger partial charge >= 0.3 is 0 Å². The van der Waals surface area contributed by atoms with Gasteiger partial charge in [-0.15, -0.1) is 11.3 Å². The lowest BCUT2D eigenvalue weighted by Gasteiger charge is -1.98. The Hall–Kier alpha value is -2.43. The van der Waals surface area contributed by atoms with E-state index in [9.17, 15) is 4.79 Å². The van der Waals surface area contributed by atoms with Crippen LogP contribution in [0.3, 0.4) is 0 Å². The molecule has 0 atom stereocenters. The van der Waals surface area contributed by atoms with Crippen LogP contribution in [0.4, 0.5) is 5.13 Å². The van der Waals surface area contributed by atoms with Gasteiger partial charge in [0, 0.05) is 22.0 Å². The zero-order chi connectivity index (χ0) is 16.1. The molecule has 3 nitrogen and oxygen atoms in total. The molecule has 0 aliphatic heterocycles. The third-order valence-electron chi connectivity index (χ3n) is 3.12. The van der Waals surface area contributed by atoms with E-state index in [4.69, 9.17) is 11.6 Å². The number of carbonyl (C=O) groups is 1. The van der Waals surface area contributed by atoms with E-state index in [0.717, 1.165) is 16.8 Å². The van der Waals surface area contributed by atoms with Gasteiger partial charge in [-0.05, 0) is 17.7 Å². The van der Waals surface area contributed by atoms with Crippen molar-refractivity contribution < 1.29 is 4.79 Å². The van der Waals surface area contributed by atoms with Crippen molar-refractivity contribution in [2.45, 2.75) is 0 Å². The number of anilines is 1. The molecule has 0 aliphatic carbocycles. The average molecular weight is 341 g/mol. The van der Waals surface area contributed by atoms with E-state index < -0.39 is 0 Å². The summed E-state index contributed by atoms with van der Waals surface area (Å²) in [5.41, 5.74) is 2.67. The van der Waals surface area contributed by atoms with Crippen molar-refractivity contribution in [2.24, 2.45) is 0 Å². The standard InChI is InChI=1S/C18H13ClN2OS/c19-15-9-5-4-6-13(15)10-11-17(22)21-18-20-16(12-23-18)14-7-2-1-3-8-14/h1-12H,(H,20,21,22)/b11-10+. The highest BCUT2D eigenvalue weighted by Gasteiger charge is 2.06. The second-order valence-corrected chi connectivity index (χ2v) is 6.01. The first-order valence-corrected chi connectivity index (χ1v) is 8.23. The minimum Gasteiger partial charge on any atom is -0.298 e. The Labute approximate surface area is 143 Å². The molecule has 1 heterocycles. The van der Waals surface area contributed by atoms with E-state index in [0.29, 0.717) is 10.2 Å². The van der Waals surface area contributed by atoms with Gasteiger partial charge in [0.1, 0.15) is 0 Å². The van der Waals surface area contributed by atoms with E-state index >= 15 is 0 Å². The van der Waals surface area contributed by atoms with Crippen molar-refractivity contribution in [2.75, 3.05) is 5.32 Å². The second kappa shape index (κ2) is 7.22. The van der Waals surface area contributed by atoms with Gasteiger partial charge in [-0.3, -0.25) is 10.1 Å². The fraction of sp³-hybridized carbons (Fsp3) is 0. The highest BCUT2D eigenvalue weighted by Crippen LogP contribution is 2.24. The summed E-state index contributed by atoms with van der Waals surface area (Å²) in [6, 6.07) is 17.2. The van der Waals surface area contributed by atoms with Crippen molar-refractivity contribution in [1.29, 1.82) is 0 Å². The van der Waals surface area contributed by atoms with Crippen LogP contribution in [0.1, 0.15) is 5.56 Å². The van der Waals surface area contributed by atoms with Gasteiger partial charge in [0.15, 0.2) is 5.13 Å². The van der Waals surface area contributed by atoms with Gasteiger partial charge in [-0.2, -0.15) is 0 Å². The van der Waals surface area contributed by atoms with E-state index in [1.54, 1.807) is 12.1 Å². The number of amides is 1. The maximum Gasteiger partial charge on any atom is 0.250 e. The second-order valence-electron chi connectivity index (χ2n) is 4.75. The first-order valence-electron chi connectivity index (χ1n) is 6.97. The number of carbonyl (C=O) groups excluding carboxylic acids is 1. The molecular formula is C18H13ClN2OS. The molecule has 0 saturated heterocycles. The molecule has 23 heavy (non-hydrogen) atoms. The molecule has 1 aromatic heterocycles. The zero-order valence-electron chi connectivity index (χ0n) is 12.1. The molecule has 0 aliphatic rings. The lowest BCUT2D eigenvalue weighted by molar-refractivity contribution is -0.111. The number of halogens is 1. The number of benzene rings is 2. The van der Waals surface area contributed by atoms with Gasteiger partial charge < -0.3 is 0 Å². The minimum absolute atomic E-state index is 0.237. The van der Waals surface area contributed by atoms with Gasteiger partial charge in [0.2, 0.25) is 5.91 Å². The van der Waals surface area contributed by atoms with E-state index in [1.807, 2.05) is 53.9 Å². The van der Waals surface area contributed by atoms with Gasteiger partial charge in [-0.1, -0.05) is 60.1 Å². The Bertz CT molecular complexity index is 843.